The van der Waals surface area contributed by atoms with Crippen molar-refractivity contribution >= 4 is 10.1 Å². The van der Waals surface area contributed by atoms with Gasteiger partial charge in [0.2, 0.25) is 0 Å². The zero-order valence-corrected chi connectivity index (χ0v) is 10.1. The minimum atomic E-state index is -4.31. The van der Waals surface area contributed by atoms with Crippen molar-refractivity contribution in [3.63, 3.8) is 0 Å². The SMILES string of the molecule is C=CCOC(CC)S(=O)(=O)[O-].[Na+]. The summed E-state index contributed by atoms with van der Waals surface area (Å²) in [5.41, 5.74) is -1.24. The van der Waals surface area contributed by atoms with Crippen LogP contribution in [0, 0.1) is 0 Å². The number of hydrogen-bond donors (Lipinski definition) is 0. The fraction of sp³-hybridized carbons (Fsp3) is 0.667. The van der Waals surface area contributed by atoms with Crippen molar-refractivity contribution in [1.29, 1.82) is 0 Å². The molecule has 0 heterocycles. The average Bonchev–Trinajstić information content (AvgIpc) is 1.87. The Hall–Kier alpha value is 0.610. The van der Waals surface area contributed by atoms with E-state index in [1.807, 2.05) is 0 Å². The smallest absolute Gasteiger partial charge is 0.746 e. The molecule has 0 spiro atoms. The Morgan fingerprint density at radius 1 is 1.67 bits per heavy atom. The molecule has 0 N–H and O–H groups in total. The summed E-state index contributed by atoms with van der Waals surface area (Å²) in [5, 5.41) is 0. The standard InChI is InChI=1S/C6H12O4S.Na/c1-3-5-10-6(4-2)11(7,8)9;/h3,6H,1,4-5H2,2H3,(H,7,8,9);/q;+1/p-1. The molecule has 0 aromatic heterocycles. The van der Waals surface area contributed by atoms with Crippen molar-refractivity contribution in [2.24, 2.45) is 0 Å². The van der Waals surface area contributed by atoms with Crippen molar-refractivity contribution in [1.82, 2.24) is 0 Å². The molecule has 0 bridgehead atoms. The molecule has 12 heavy (non-hydrogen) atoms. The van der Waals surface area contributed by atoms with Gasteiger partial charge in [-0.05, 0) is 6.42 Å². The Balaban J connectivity index is 0. The van der Waals surface area contributed by atoms with Gasteiger partial charge in [-0.1, -0.05) is 13.0 Å². The largest absolute Gasteiger partial charge is 1.00 e. The minimum Gasteiger partial charge on any atom is -0.746 e. The van der Waals surface area contributed by atoms with Crippen LogP contribution >= 0.6 is 0 Å². The molecular weight excluding hydrogens is 191 g/mol. The van der Waals surface area contributed by atoms with E-state index < -0.39 is 15.6 Å². The van der Waals surface area contributed by atoms with Crippen LogP contribution in [0.5, 0.6) is 0 Å². The van der Waals surface area contributed by atoms with Crippen molar-refractivity contribution in [2.45, 2.75) is 18.8 Å². The Morgan fingerprint density at radius 3 is 2.42 bits per heavy atom. The molecule has 0 aliphatic heterocycles. The molecule has 0 aromatic carbocycles. The first-order chi connectivity index (χ1) is 5.02. The first kappa shape index (κ1) is 15.1. The predicted octanol–water partition coefficient (Wildman–Crippen LogP) is -2.53. The van der Waals surface area contributed by atoms with Crippen molar-refractivity contribution in [3.8, 4) is 0 Å². The van der Waals surface area contributed by atoms with Gasteiger partial charge in [-0.15, -0.1) is 6.58 Å². The Kier molecular flexibility index (Phi) is 8.88. The van der Waals surface area contributed by atoms with E-state index in [0.29, 0.717) is 0 Å². The van der Waals surface area contributed by atoms with Crippen LogP contribution in [0.4, 0.5) is 0 Å². The van der Waals surface area contributed by atoms with E-state index in [1.54, 1.807) is 6.92 Å². The zero-order chi connectivity index (χ0) is 8.91. The topological polar surface area (TPSA) is 66.4 Å². The van der Waals surface area contributed by atoms with E-state index in [-0.39, 0.29) is 42.6 Å². The van der Waals surface area contributed by atoms with Gasteiger partial charge in [0, 0.05) is 0 Å². The Morgan fingerprint density at radius 2 is 2.17 bits per heavy atom. The van der Waals surface area contributed by atoms with Gasteiger partial charge in [0.25, 0.3) is 0 Å². The van der Waals surface area contributed by atoms with Crippen LogP contribution in [0.25, 0.3) is 0 Å². The van der Waals surface area contributed by atoms with E-state index >= 15 is 0 Å². The van der Waals surface area contributed by atoms with Gasteiger partial charge in [-0.25, -0.2) is 8.42 Å². The van der Waals surface area contributed by atoms with Crippen LogP contribution in [-0.2, 0) is 14.9 Å². The molecule has 1 atom stereocenters. The molecule has 0 saturated heterocycles. The van der Waals surface area contributed by atoms with Gasteiger partial charge in [-0.3, -0.25) is 0 Å². The quantitative estimate of drug-likeness (QED) is 0.280. The normalized spacial score (nSPS) is 13.2. The first-order valence-electron chi connectivity index (χ1n) is 3.19. The van der Waals surface area contributed by atoms with E-state index in [2.05, 4.69) is 11.3 Å². The summed E-state index contributed by atoms with van der Waals surface area (Å²) in [7, 11) is -4.31. The third kappa shape index (κ3) is 6.16. The second-order valence-electron chi connectivity index (χ2n) is 1.95. The van der Waals surface area contributed by atoms with E-state index in [4.69, 9.17) is 0 Å². The molecule has 4 nitrogen and oxygen atoms in total. The van der Waals surface area contributed by atoms with Crippen molar-refractivity contribution < 1.29 is 47.3 Å². The summed E-state index contributed by atoms with van der Waals surface area (Å²) >= 11 is 0. The number of ether oxygens (including phenoxy) is 1. The molecular formula is C6H11NaO4S. The first-order valence-corrected chi connectivity index (χ1v) is 4.66. The summed E-state index contributed by atoms with van der Waals surface area (Å²) in [5.74, 6) is 0. The molecule has 0 aliphatic rings. The number of hydrogen-bond acceptors (Lipinski definition) is 4. The van der Waals surface area contributed by atoms with Crippen LogP contribution in [0.2, 0.25) is 0 Å². The van der Waals surface area contributed by atoms with Crippen LogP contribution in [0.15, 0.2) is 12.7 Å². The molecule has 66 valence electrons. The molecule has 0 fully saturated rings. The fourth-order valence-electron chi connectivity index (χ4n) is 0.581. The third-order valence-corrected chi connectivity index (χ3v) is 2.17. The van der Waals surface area contributed by atoms with Gasteiger partial charge < -0.3 is 9.29 Å². The summed E-state index contributed by atoms with van der Waals surface area (Å²) in [6.07, 6.45) is 1.56. The Labute approximate surface area is 95.0 Å². The van der Waals surface area contributed by atoms with E-state index in [0.717, 1.165) is 0 Å². The summed E-state index contributed by atoms with van der Waals surface area (Å²) in [6, 6.07) is 0. The maximum Gasteiger partial charge on any atom is 1.00 e. The molecule has 6 heteroatoms. The molecule has 0 radical (unpaired) electrons. The van der Waals surface area contributed by atoms with Crippen LogP contribution in [0.1, 0.15) is 13.3 Å². The van der Waals surface area contributed by atoms with Crippen molar-refractivity contribution in [2.75, 3.05) is 6.61 Å². The maximum absolute atomic E-state index is 10.4. The monoisotopic (exact) mass is 202 g/mol. The molecule has 0 rings (SSSR count). The van der Waals surface area contributed by atoms with E-state index in [1.165, 1.54) is 6.08 Å². The molecule has 0 saturated carbocycles. The van der Waals surface area contributed by atoms with Crippen molar-refractivity contribution in [3.05, 3.63) is 12.7 Å². The van der Waals surface area contributed by atoms with Crippen LogP contribution in [-0.4, -0.2) is 25.0 Å². The van der Waals surface area contributed by atoms with Crippen LogP contribution in [0.3, 0.4) is 0 Å². The molecule has 0 aliphatic carbocycles. The van der Waals surface area contributed by atoms with Gasteiger partial charge >= 0.3 is 29.6 Å². The second kappa shape index (κ2) is 7.06. The Bertz CT molecular complexity index is 212. The second-order valence-corrected chi connectivity index (χ2v) is 3.46. The molecule has 1 unspecified atom stereocenters. The molecule has 0 aromatic rings. The third-order valence-electron chi connectivity index (χ3n) is 1.06. The average molecular weight is 202 g/mol. The van der Waals surface area contributed by atoms with Crippen LogP contribution < -0.4 is 29.6 Å². The minimum absolute atomic E-state index is 0. The predicted molar refractivity (Wildman–Crippen MR) is 39.9 cm³/mol. The van der Waals surface area contributed by atoms with Gasteiger partial charge in [0.1, 0.15) is 15.6 Å². The zero-order valence-electron chi connectivity index (χ0n) is 7.32. The summed E-state index contributed by atoms with van der Waals surface area (Å²) < 4.78 is 35.7. The fourth-order valence-corrected chi connectivity index (χ4v) is 1.23. The maximum atomic E-state index is 10.4. The van der Waals surface area contributed by atoms with Gasteiger partial charge in [0.05, 0.1) is 6.61 Å². The molecule has 0 amide bonds. The van der Waals surface area contributed by atoms with Gasteiger partial charge in [0.15, 0.2) is 0 Å². The van der Waals surface area contributed by atoms with E-state index in [9.17, 15) is 13.0 Å². The van der Waals surface area contributed by atoms with Gasteiger partial charge in [-0.2, -0.15) is 0 Å². The summed E-state index contributed by atoms with van der Waals surface area (Å²) in [4.78, 5) is 0. The summed E-state index contributed by atoms with van der Waals surface area (Å²) in [6.45, 7) is 4.98. The number of rotatable bonds is 5.